The second-order valence-corrected chi connectivity index (χ2v) is 7.30. The lowest BCUT2D eigenvalue weighted by molar-refractivity contribution is -0.137. The van der Waals surface area contributed by atoms with Gasteiger partial charge in [0.05, 0.1) is 41.8 Å². The van der Waals surface area contributed by atoms with Crippen LogP contribution in [0.2, 0.25) is 0 Å². The van der Waals surface area contributed by atoms with E-state index in [0.29, 0.717) is 30.4 Å². The predicted octanol–water partition coefficient (Wildman–Crippen LogP) is 2.54. The molecule has 158 valence electrons. The van der Waals surface area contributed by atoms with Gasteiger partial charge in [0.25, 0.3) is 0 Å². The fourth-order valence-electron chi connectivity index (χ4n) is 3.69. The third kappa shape index (κ3) is 3.21. The van der Waals surface area contributed by atoms with Crippen LogP contribution in [0, 0.1) is 11.3 Å². The van der Waals surface area contributed by atoms with E-state index < -0.39 is 17.3 Å². The van der Waals surface area contributed by atoms with Gasteiger partial charge in [-0.1, -0.05) is 0 Å². The van der Waals surface area contributed by atoms with Crippen LogP contribution in [0.5, 0.6) is 0 Å². The van der Waals surface area contributed by atoms with Crippen molar-refractivity contribution in [3.63, 3.8) is 0 Å². The summed E-state index contributed by atoms with van der Waals surface area (Å²) in [7, 11) is 0. The quantitative estimate of drug-likeness (QED) is 0.502. The second-order valence-electron chi connectivity index (χ2n) is 7.30. The van der Waals surface area contributed by atoms with Gasteiger partial charge in [0.1, 0.15) is 5.54 Å². The predicted molar refractivity (Wildman–Crippen MR) is 103 cm³/mol. The summed E-state index contributed by atoms with van der Waals surface area (Å²) in [5.74, 6) is 0.375. The second kappa shape index (κ2) is 6.73. The van der Waals surface area contributed by atoms with Gasteiger partial charge < -0.3 is 10.2 Å². The van der Waals surface area contributed by atoms with E-state index in [0.717, 1.165) is 18.1 Å². The van der Waals surface area contributed by atoms with Crippen molar-refractivity contribution in [2.45, 2.75) is 18.1 Å². The molecule has 0 saturated carbocycles. The van der Waals surface area contributed by atoms with Crippen molar-refractivity contribution >= 4 is 23.0 Å². The summed E-state index contributed by atoms with van der Waals surface area (Å²) in [5.41, 5.74) is 0.358. The molecule has 5 heterocycles. The molecule has 31 heavy (non-hydrogen) atoms. The number of aromatic nitrogens is 7. The summed E-state index contributed by atoms with van der Waals surface area (Å²) >= 11 is 0. The Balaban J connectivity index is 1.42. The number of pyridine rings is 1. The zero-order valence-corrected chi connectivity index (χ0v) is 15.9. The zero-order valence-electron chi connectivity index (χ0n) is 15.9. The summed E-state index contributed by atoms with van der Waals surface area (Å²) < 4.78 is 41.8. The fourth-order valence-corrected chi connectivity index (χ4v) is 3.69. The summed E-state index contributed by atoms with van der Waals surface area (Å²) in [6.45, 7) is 0.632. The number of hydrogen-bond donors (Lipinski definition) is 2. The highest BCUT2D eigenvalue weighted by Gasteiger charge is 2.47. The van der Waals surface area contributed by atoms with Gasteiger partial charge in [0.15, 0.2) is 5.65 Å². The molecule has 1 aliphatic rings. The average Bonchev–Trinajstić information content (AvgIpc) is 3.43. The highest BCUT2D eigenvalue weighted by Crippen LogP contribution is 2.38. The maximum Gasteiger partial charge on any atom is 0.419 e. The van der Waals surface area contributed by atoms with E-state index in [2.05, 4.69) is 36.8 Å². The number of anilines is 3. The Bertz CT molecular complexity index is 1260. The maximum atomic E-state index is 13.0. The van der Waals surface area contributed by atoms with Crippen LogP contribution >= 0.6 is 0 Å². The number of H-pyrrole nitrogens is 1. The van der Waals surface area contributed by atoms with Crippen LogP contribution in [0.25, 0.3) is 5.65 Å². The number of rotatable bonds is 5. The zero-order chi connectivity index (χ0) is 21.6. The van der Waals surface area contributed by atoms with E-state index in [1.807, 2.05) is 11.0 Å². The molecular formula is C18H15F3N10. The number of hydrogen-bond acceptors (Lipinski definition) is 7. The van der Waals surface area contributed by atoms with E-state index in [1.54, 1.807) is 29.2 Å². The lowest BCUT2D eigenvalue weighted by Gasteiger charge is -2.50. The van der Waals surface area contributed by atoms with Crippen molar-refractivity contribution in [3.8, 4) is 6.07 Å². The number of nitrogens with one attached hydrogen (secondary N) is 2. The normalized spacial score (nSPS) is 15.6. The first-order valence-electron chi connectivity index (χ1n) is 9.23. The summed E-state index contributed by atoms with van der Waals surface area (Å²) in [6, 6.07) is 5.73. The Labute approximate surface area is 172 Å². The molecule has 1 fully saturated rings. The minimum Gasteiger partial charge on any atom is -0.363 e. The monoisotopic (exact) mass is 428 g/mol. The van der Waals surface area contributed by atoms with Gasteiger partial charge in [0.2, 0.25) is 5.95 Å². The molecule has 0 amide bonds. The number of nitriles is 1. The smallest absolute Gasteiger partial charge is 0.363 e. The minimum atomic E-state index is -4.49. The fraction of sp³-hybridized carbons (Fsp3) is 0.278. The lowest BCUT2D eigenvalue weighted by atomic mass is 9.86. The topological polar surface area (TPSA) is 116 Å². The van der Waals surface area contributed by atoms with Crippen molar-refractivity contribution in [3.05, 3.63) is 48.7 Å². The maximum absolute atomic E-state index is 13.0. The molecule has 0 unspecified atom stereocenters. The van der Waals surface area contributed by atoms with Gasteiger partial charge in [-0.2, -0.15) is 33.6 Å². The van der Waals surface area contributed by atoms with Crippen LogP contribution in [0.4, 0.5) is 30.5 Å². The largest absolute Gasteiger partial charge is 0.419 e. The minimum absolute atomic E-state index is 0.0333. The highest BCUT2D eigenvalue weighted by molar-refractivity contribution is 5.72. The molecule has 0 bridgehead atoms. The van der Waals surface area contributed by atoms with E-state index in [-0.39, 0.29) is 6.42 Å². The standard InChI is InChI=1S/C18H15F3N10/c19-18(20,21)12-6-25-31(9-12)17(3-4-22)10-29(11-17)14-2-1-5-30-15(14)27-16(28-30)26-13-7-23-24-8-13/h1-2,5-9H,3,10-11H2,(H,23,24)(H,26,28). The third-order valence-corrected chi connectivity index (χ3v) is 5.21. The molecule has 0 radical (unpaired) electrons. The van der Waals surface area contributed by atoms with E-state index >= 15 is 0 Å². The Kier molecular flexibility index (Phi) is 4.10. The van der Waals surface area contributed by atoms with Crippen molar-refractivity contribution in [2.75, 3.05) is 23.3 Å². The van der Waals surface area contributed by atoms with Crippen LogP contribution in [-0.2, 0) is 11.7 Å². The molecule has 10 nitrogen and oxygen atoms in total. The van der Waals surface area contributed by atoms with Crippen LogP contribution in [-0.4, -0.2) is 47.7 Å². The molecule has 4 aromatic rings. The molecule has 1 aliphatic heterocycles. The Morgan fingerprint density at radius 3 is 2.81 bits per heavy atom. The van der Waals surface area contributed by atoms with Crippen LogP contribution in [0.1, 0.15) is 12.0 Å². The molecule has 2 N–H and O–H groups in total. The molecular weight excluding hydrogens is 413 g/mol. The van der Waals surface area contributed by atoms with Gasteiger partial charge in [-0.25, -0.2) is 4.52 Å². The van der Waals surface area contributed by atoms with Gasteiger partial charge >= 0.3 is 6.18 Å². The number of halogens is 3. The molecule has 0 spiro atoms. The lowest BCUT2D eigenvalue weighted by Crippen LogP contribution is -2.63. The molecule has 4 aromatic heterocycles. The molecule has 0 atom stereocenters. The van der Waals surface area contributed by atoms with Crippen molar-refractivity contribution in [1.29, 1.82) is 5.26 Å². The third-order valence-electron chi connectivity index (χ3n) is 5.21. The van der Waals surface area contributed by atoms with Gasteiger partial charge in [-0.05, 0) is 12.1 Å². The van der Waals surface area contributed by atoms with Crippen LogP contribution in [0.3, 0.4) is 0 Å². The van der Waals surface area contributed by atoms with Gasteiger partial charge in [0, 0.05) is 31.7 Å². The van der Waals surface area contributed by atoms with E-state index in [1.165, 1.54) is 4.68 Å². The number of fused-ring (bicyclic) bond motifs is 1. The first kappa shape index (κ1) is 18.9. The molecule has 0 aliphatic carbocycles. The van der Waals surface area contributed by atoms with Crippen LogP contribution < -0.4 is 10.2 Å². The summed E-state index contributed by atoms with van der Waals surface area (Å²) in [4.78, 5) is 6.46. The summed E-state index contributed by atoms with van der Waals surface area (Å²) in [6.07, 6.45) is 2.30. The average molecular weight is 428 g/mol. The van der Waals surface area contributed by atoms with Crippen molar-refractivity contribution < 1.29 is 13.2 Å². The Morgan fingerprint density at radius 1 is 1.29 bits per heavy atom. The van der Waals surface area contributed by atoms with Crippen molar-refractivity contribution in [2.24, 2.45) is 0 Å². The first-order chi connectivity index (χ1) is 14.9. The van der Waals surface area contributed by atoms with Crippen LogP contribution in [0.15, 0.2) is 43.1 Å². The number of aromatic amines is 1. The summed E-state index contributed by atoms with van der Waals surface area (Å²) in [5, 5.41) is 27.1. The van der Waals surface area contributed by atoms with Crippen molar-refractivity contribution in [1.82, 2.24) is 34.6 Å². The van der Waals surface area contributed by atoms with E-state index in [9.17, 15) is 18.4 Å². The SMILES string of the molecule is N#CCC1(n2cc(C(F)(F)F)cn2)CN(c2cccn3nc(Nc4cn[nH]c4)nc23)C1. The number of alkyl halides is 3. The molecule has 0 aromatic carbocycles. The van der Waals surface area contributed by atoms with Gasteiger partial charge in [-0.3, -0.25) is 9.78 Å². The molecule has 13 heteroatoms. The highest BCUT2D eigenvalue weighted by atomic mass is 19.4. The van der Waals surface area contributed by atoms with E-state index in [4.69, 9.17) is 0 Å². The first-order valence-corrected chi connectivity index (χ1v) is 9.23. The molecule has 5 rings (SSSR count). The van der Waals surface area contributed by atoms with Gasteiger partial charge in [-0.15, -0.1) is 5.10 Å². The molecule has 1 saturated heterocycles. The number of nitrogens with zero attached hydrogens (tertiary/aromatic N) is 8. The Morgan fingerprint density at radius 2 is 2.13 bits per heavy atom. The Hall–Kier alpha value is -4.08.